The zero-order valence-electron chi connectivity index (χ0n) is 6.85. The average Bonchev–Trinajstić information content (AvgIpc) is 1.91. The van der Waals surface area contributed by atoms with Crippen LogP contribution in [-0.2, 0) is 0 Å². The van der Waals surface area contributed by atoms with Gasteiger partial charge in [0.15, 0.2) is 0 Å². The monoisotopic (exact) mass is 157 g/mol. The van der Waals surface area contributed by atoms with Gasteiger partial charge in [-0.25, -0.2) is 0 Å². The second-order valence-electron chi connectivity index (χ2n) is 2.37. The molecule has 0 aromatic rings. The molecule has 0 aliphatic rings. The zero-order chi connectivity index (χ0) is 7.98. The highest BCUT2D eigenvalue weighted by Gasteiger charge is 2.10. The summed E-state index contributed by atoms with van der Waals surface area (Å²) in [6.07, 6.45) is 7.39. The largest absolute Gasteiger partial charge is 0.307 e. The Labute approximate surface area is 68.0 Å². The molecule has 0 fully saturated rings. The standard InChI is InChI=1S/C8H15NS/c1-5-8(9-3)7(2)6-10-4/h1,7-9H,6H2,2-4H3. The summed E-state index contributed by atoms with van der Waals surface area (Å²) in [7, 11) is 1.90. The number of thioether (sulfide) groups is 1. The van der Waals surface area contributed by atoms with E-state index >= 15 is 0 Å². The molecule has 0 aromatic carbocycles. The van der Waals surface area contributed by atoms with Crippen molar-refractivity contribution in [3.8, 4) is 12.3 Å². The normalized spacial score (nSPS) is 15.8. The molecule has 1 N–H and O–H groups in total. The van der Waals surface area contributed by atoms with Crippen molar-refractivity contribution in [2.24, 2.45) is 5.92 Å². The second kappa shape index (κ2) is 5.64. The summed E-state index contributed by atoms with van der Waals surface area (Å²) in [6, 6.07) is 0.229. The summed E-state index contributed by atoms with van der Waals surface area (Å²) < 4.78 is 0. The second-order valence-corrected chi connectivity index (χ2v) is 3.28. The van der Waals surface area contributed by atoms with Crippen molar-refractivity contribution in [2.75, 3.05) is 19.1 Å². The van der Waals surface area contributed by atoms with Crippen molar-refractivity contribution in [1.29, 1.82) is 0 Å². The fraction of sp³-hybridized carbons (Fsp3) is 0.750. The van der Waals surface area contributed by atoms with Crippen molar-refractivity contribution in [3.05, 3.63) is 0 Å². The van der Waals surface area contributed by atoms with Gasteiger partial charge in [-0.1, -0.05) is 12.8 Å². The van der Waals surface area contributed by atoms with Crippen LogP contribution in [0.5, 0.6) is 0 Å². The summed E-state index contributed by atoms with van der Waals surface area (Å²) >= 11 is 1.83. The van der Waals surface area contributed by atoms with E-state index in [9.17, 15) is 0 Å². The molecule has 58 valence electrons. The van der Waals surface area contributed by atoms with E-state index in [1.165, 1.54) is 0 Å². The molecule has 1 nitrogen and oxygen atoms in total. The Morgan fingerprint density at radius 3 is 2.60 bits per heavy atom. The minimum atomic E-state index is 0.229. The van der Waals surface area contributed by atoms with Crippen molar-refractivity contribution in [2.45, 2.75) is 13.0 Å². The third-order valence-electron chi connectivity index (χ3n) is 1.49. The van der Waals surface area contributed by atoms with Crippen LogP contribution >= 0.6 is 11.8 Å². The van der Waals surface area contributed by atoms with Crippen LogP contribution in [0, 0.1) is 18.3 Å². The van der Waals surface area contributed by atoms with Gasteiger partial charge in [-0.2, -0.15) is 11.8 Å². The van der Waals surface area contributed by atoms with Gasteiger partial charge in [0, 0.05) is 0 Å². The molecule has 0 spiro atoms. The lowest BCUT2D eigenvalue weighted by molar-refractivity contribution is 0.521. The SMILES string of the molecule is C#CC(NC)C(C)CSC. The third-order valence-corrected chi connectivity index (χ3v) is 2.35. The van der Waals surface area contributed by atoms with E-state index in [-0.39, 0.29) is 6.04 Å². The molecule has 0 rings (SSSR count). The average molecular weight is 157 g/mol. The highest BCUT2D eigenvalue weighted by molar-refractivity contribution is 7.98. The lowest BCUT2D eigenvalue weighted by Crippen LogP contribution is -2.31. The molecule has 0 saturated carbocycles. The highest BCUT2D eigenvalue weighted by Crippen LogP contribution is 2.08. The van der Waals surface area contributed by atoms with Crippen LogP contribution in [0.3, 0.4) is 0 Å². The first kappa shape index (κ1) is 9.87. The van der Waals surface area contributed by atoms with Gasteiger partial charge in [0.1, 0.15) is 0 Å². The van der Waals surface area contributed by atoms with Gasteiger partial charge >= 0.3 is 0 Å². The highest BCUT2D eigenvalue weighted by atomic mass is 32.2. The van der Waals surface area contributed by atoms with E-state index in [1.54, 1.807) is 0 Å². The van der Waals surface area contributed by atoms with E-state index < -0.39 is 0 Å². The summed E-state index contributed by atoms with van der Waals surface area (Å²) in [4.78, 5) is 0. The van der Waals surface area contributed by atoms with Gasteiger partial charge in [0.05, 0.1) is 6.04 Å². The maximum Gasteiger partial charge on any atom is 0.0718 e. The fourth-order valence-electron chi connectivity index (χ4n) is 0.891. The zero-order valence-corrected chi connectivity index (χ0v) is 7.66. The molecule has 0 aromatic heterocycles. The lowest BCUT2D eigenvalue weighted by Gasteiger charge is -2.16. The lowest BCUT2D eigenvalue weighted by atomic mass is 10.1. The van der Waals surface area contributed by atoms with Crippen molar-refractivity contribution in [1.82, 2.24) is 5.32 Å². The van der Waals surface area contributed by atoms with Gasteiger partial charge in [-0.05, 0) is 25.0 Å². The topological polar surface area (TPSA) is 12.0 Å². The van der Waals surface area contributed by atoms with E-state index in [0.29, 0.717) is 5.92 Å². The molecular weight excluding hydrogens is 142 g/mol. The molecule has 2 heteroatoms. The first-order valence-corrected chi connectivity index (χ1v) is 4.78. The van der Waals surface area contributed by atoms with Gasteiger partial charge in [0.2, 0.25) is 0 Å². The van der Waals surface area contributed by atoms with E-state index in [2.05, 4.69) is 24.4 Å². The minimum Gasteiger partial charge on any atom is -0.307 e. The van der Waals surface area contributed by atoms with Crippen molar-refractivity contribution in [3.63, 3.8) is 0 Å². The van der Waals surface area contributed by atoms with Crippen LogP contribution in [-0.4, -0.2) is 25.1 Å². The molecule has 0 aliphatic carbocycles. The van der Waals surface area contributed by atoms with Crippen molar-refractivity contribution < 1.29 is 0 Å². The number of hydrogen-bond donors (Lipinski definition) is 1. The number of nitrogens with one attached hydrogen (secondary N) is 1. The van der Waals surface area contributed by atoms with Crippen LogP contribution in [0.2, 0.25) is 0 Å². The Morgan fingerprint density at radius 2 is 2.30 bits per heavy atom. The molecule has 0 bridgehead atoms. The van der Waals surface area contributed by atoms with E-state index in [1.807, 2.05) is 18.8 Å². The van der Waals surface area contributed by atoms with Gasteiger partial charge in [0.25, 0.3) is 0 Å². The third kappa shape index (κ3) is 3.14. The molecule has 2 unspecified atom stereocenters. The smallest absolute Gasteiger partial charge is 0.0718 e. The molecule has 0 amide bonds. The molecule has 0 aliphatic heterocycles. The van der Waals surface area contributed by atoms with Crippen LogP contribution in [0.1, 0.15) is 6.92 Å². The van der Waals surface area contributed by atoms with Crippen LogP contribution in [0.4, 0.5) is 0 Å². The molecule has 10 heavy (non-hydrogen) atoms. The molecular formula is C8H15NS. The molecule has 0 radical (unpaired) electrons. The van der Waals surface area contributed by atoms with E-state index in [0.717, 1.165) is 5.75 Å². The first-order chi connectivity index (χ1) is 4.76. The molecule has 0 heterocycles. The van der Waals surface area contributed by atoms with Gasteiger partial charge in [-0.15, -0.1) is 6.42 Å². The van der Waals surface area contributed by atoms with Crippen LogP contribution in [0.15, 0.2) is 0 Å². The minimum absolute atomic E-state index is 0.229. The maximum absolute atomic E-state index is 5.29. The predicted molar refractivity (Wildman–Crippen MR) is 49.2 cm³/mol. The Morgan fingerprint density at radius 1 is 1.70 bits per heavy atom. The summed E-state index contributed by atoms with van der Waals surface area (Å²) in [5.41, 5.74) is 0. The number of terminal acetylenes is 1. The Balaban J connectivity index is 3.67. The Hall–Kier alpha value is -0.130. The number of rotatable bonds is 4. The van der Waals surface area contributed by atoms with Crippen molar-refractivity contribution >= 4 is 11.8 Å². The van der Waals surface area contributed by atoms with Crippen LogP contribution in [0.25, 0.3) is 0 Å². The summed E-state index contributed by atoms with van der Waals surface area (Å²) in [6.45, 7) is 2.16. The van der Waals surface area contributed by atoms with Gasteiger partial charge < -0.3 is 5.32 Å². The summed E-state index contributed by atoms with van der Waals surface area (Å²) in [5, 5.41) is 3.09. The molecule has 2 atom stereocenters. The first-order valence-electron chi connectivity index (χ1n) is 3.38. The number of hydrogen-bond acceptors (Lipinski definition) is 2. The predicted octanol–water partition coefficient (Wildman–Crippen LogP) is 1.21. The quantitative estimate of drug-likeness (QED) is 0.616. The Kier molecular flexibility index (Phi) is 5.57. The summed E-state index contributed by atoms with van der Waals surface area (Å²) in [5.74, 6) is 4.39. The van der Waals surface area contributed by atoms with Crippen LogP contribution < -0.4 is 5.32 Å². The molecule has 0 saturated heterocycles. The fourth-order valence-corrected chi connectivity index (χ4v) is 1.61. The van der Waals surface area contributed by atoms with Gasteiger partial charge in [-0.3, -0.25) is 0 Å². The Bertz CT molecular complexity index is 117. The van der Waals surface area contributed by atoms with E-state index in [4.69, 9.17) is 6.42 Å². The maximum atomic E-state index is 5.29.